The molecule has 3 atom stereocenters. The van der Waals surface area contributed by atoms with Crippen molar-refractivity contribution in [1.82, 2.24) is 4.90 Å². The van der Waals surface area contributed by atoms with Gasteiger partial charge in [0.2, 0.25) is 0 Å². The third-order valence-electron chi connectivity index (χ3n) is 4.07. The van der Waals surface area contributed by atoms with Crippen molar-refractivity contribution < 1.29 is 0 Å². The molecule has 0 spiro atoms. The van der Waals surface area contributed by atoms with Gasteiger partial charge in [-0.2, -0.15) is 5.26 Å². The van der Waals surface area contributed by atoms with Gasteiger partial charge in [-0.15, -0.1) is 0 Å². The summed E-state index contributed by atoms with van der Waals surface area (Å²) >= 11 is 0. The van der Waals surface area contributed by atoms with Crippen LogP contribution in [-0.4, -0.2) is 17.5 Å². The van der Waals surface area contributed by atoms with Crippen LogP contribution in [-0.2, 0) is 6.54 Å². The molecule has 3 unspecified atom stereocenters. The lowest BCUT2D eigenvalue weighted by Gasteiger charge is -2.26. The van der Waals surface area contributed by atoms with Crippen molar-refractivity contribution in [3.8, 4) is 6.07 Å². The maximum atomic E-state index is 9.15. The summed E-state index contributed by atoms with van der Waals surface area (Å²) in [6, 6.07) is 13.6. The van der Waals surface area contributed by atoms with Gasteiger partial charge in [-0.05, 0) is 24.3 Å². The number of fused-ring (bicyclic) bond motifs is 2. The highest BCUT2D eigenvalue weighted by Gasteiger charge is 2.46. The van der Waals surface area contributed by atoms with Crippen molar-refractivity contribution >= 4 is 0 Å². The highest BCUT2D eigenvalue weighted by atomic mass is 15.2. The SMILES string of the molecule is N#CC1C2CCC1N(Cc1ccccc1)C2. The van der Waals surface area contributed by atoms with E-state index in [1.54, 1.807) is 0 Å². The van der Waals surface area contributed by atoms with Gasteiger partial charge in [0.15, 0.2) is 0 Å². The second kappa shape index (κ2) is 3.92. The van der Waals surface area contributed by atoms with Crippen LogP contribution in [0.15, 0.2) is 30.3 Å². The second-order valence-electron chi connectivity index (χ2n) is 4.97. The second-order valence-corrected chi connectivity index (χ2v) is 4.97. The third kappa shape index (κ3) is 1.52. The zero-order valence-corrected chi connectivity index (χ0v) is 9.34. The number of benzene rings is 1. The molecule has 0 aromatic heterocycles. The minimum Gasteiger partial charge on any atom is -0.294 e. The van der Waals surface area contributed by atoms with E-state index in [0.29, 0.717) is 17.9 Å². The van der Waals surface area contributed by atoms with E-state index in [2.05, 4.69) is 41.3 Å². The van der Waals surface area contributed by atoms with Crippen molar-refractivity contribution in [2.24, 2.45) is 11.8 Å². The Morgan fingerprint density at radius 1 is 1.25 bits per heavy atom. The van der Waals surface area contributed by atoms with Gasteiger partial charge in [0.1, 0.15) is 0 Å². The first-order valence-corrected chi connectivity index (χ1v) is 6.06. The Kier molecular flexibility index (Phi) is 2.41. The van der Waals surface area contributed by atoms with E-state index in [4.69, 9.17) is 5.26 Å². The lowest BCUT2D eigenvalue weighted by atomic mass is 10.0. The van der Waals surface area contributed by atoms with Gasteiger partial charge in [-0.1, -0.05) is 30.3 Å². The van der Waals surface area contributed by atoms with Crippen LogP contribution in [0.3, 0.4) is 0 Å². The monoisotopic (exact) mass is 212 g/mol. The molecule has 16 heavy (non-hydrogen) atoms. The predicted molar refractivity (Wildman–Crippen MR) is 62.5 cm³/mol. The summed E-state index contributed by atoms with van der Waals surface area (Å²) in [5.41, 5.74) is 1.37. The maximum absolute atomic E-state index is 9.15. The van der Waals surface area contributed by atoms with E-state index in [9.17, 15) is 0 Å². The zero-order chi connectivity index (χ0) is 11.0. The van der Waals surface area contributed by atoms with Crippen LogP contribution in [0.2, 0.25) is 0 Å². The number of nitrogens with zero attached hydrogens (tertiary/aromatic N) is 2. The molecule has 1 heterocycles. The quantitative estimate of drug-likeness (QED) is 0.752. The first kappa shape index (κ1) is 9.86. The van der Waals surface area contributed by atoms with Crippen LogP contribution in [0.1, 0.15) is 18.4 Å². The third-order valence-corrected chi connectivity index (χ3v) is 4.07. The smallest absolute Gasteiger partial charge is 0.0675 e. The molecule has 1 aliphatic carbocycles. The van der Waals surface area contributed by atoms with Crippen molar-refractivity contribution in [3.05, 3.63) is 35.9 Å². The molecule has 1 aromatic rings. The first-order valence-electron chi connectivity index (χ1n) is 6.06. The lowest BCUT2D eigenvalue weighted by Crippen LogP contribution is -2.32. The molecule has 2 heteroatoms. The Hall–Kier alpha value is -1.33. The first-order chi connectivity index (χ1) is 7.88. The Labute approximate surface area is 96.5 Å². The van der Waals surface area contributed by atoms with Crippen LogP contribution in [0, 0.1) is 23.2 Å². The maximum Gasteiger partial charge on any atom is 0.0675 e. The predicted octanol–water partition coefficient (Wildman–Crippen LogP) is 2.42. The lowest BCUT2D eigenvalue weighted by molar-refractivity contribution is 0.202. The fourth-order valence-electron chi connectivity index (χ4n) is 3.30. The normalized spacial score (nSPS) is 32.8. The van der Waals surface area contributed by atoms with E-state index in [1.165, 1.54) is 18.4 Å². The van der Waals surface area contributed by atoms with Gasteiger partial charge in [0.25, 0.3) is 0 Å². The van der Waals surface area contributed by atoms with Gasteiger partial charge in [0.05, 0.1) is 12.0 Å². The molecule has 2 nitrogen and oxygen atoms in total. The molecule has 0 amide bonds. The van der Waals surface area contributed by atoms with Crippen molar-refractivity contribution in [2.45, 2.75) is 25.4 Å². The summed E-state index contributed by atoms with van der Waals surface area (Å²) in [6.07, 6.45) is 2.48. The summed E-state index contributed by atoms with van der Waals surface area (Å²) < 4.78 is 0. The Morgan fingerprint density at radius 3 is 2.75 bits per heavy atom. The molecule has 82 valence electrons. The Morgan fingerprint density at radius 2 is 2.06 bits per heavy atom. The molecule has 1 aliphatic heterocycles. The number of hydrogen-bond donors (Lipinski definition) is 0. The molecule has 1 aromatic carbocycles. The van der Waals surface area contributed by atoms with Crippen molar-refractivity contribution in [1.29, 1.82) is 5.26 Å². The molecule has 2 fully saturated rings. The molecular weight excluding hydrogens is 196 g/mol. The minimum absolute atomic E-state index is 0.295. The van der Waals surface area contributed by atoms with E-state index < -0.39 is 0 Å². The fraction of sp³-hybridized carbons (Fsp3) is 0.500. The van der Waals surface area contributed by atoms with Gasteiger partial charge >= 0.3 is 0 Å². The average molecular weight is 212 g/mol. The highest BCUT2D eigenvalue weighted by Crippen LogP contribution is 2.42. The van der Waals surface area contributed by atoms with Gasteiger partial charge in [0, 0.05) is 19.1 Å². The summed E-state index contributed by atoms with van der Waals surface area (Å²) in [6.45, 7) is 2.14. The summed E-state index contributed by atoms with van der Waals surface area (Å²) in [5, 5.41) is 9.15. The Balaban J connectivity index is 1.73. The van der Waals surface area contributed by atoms with Crippen LogP contribution >= 0.6 is 0 Å². The van der Waals surface area contributed by atoms with Gasteiger partial charge in [-0.3, -0.25) is 4.90 Å². The van der Waals surface area contributed by atoms with E-state index in [1.807, 2.05) is 0 Å². The molecular formula is C14H16N2. The minimum atomic E-state index is 0.295. The Bertz CT molecular complexity index is 406. The molecule has 0 N–H and O–H groups in total. The van der Waals surface area contributed by atoms with Crippen LogP contribution in [0.25, 0.3) is 0 Å². The number of rotatable bonds is 2. The highest BCUT2D eigenvalue weighted by molar-refractivity contribution is 5.16. The topological polar surface area (TPSA) is 27.0 Å². The standard InChI is InChI=1S/C14H16N2/c15-8-13-12-6-7-14(13)16(10-12)9-11-4-2-1-3-5-11/h1-5,12-14H,6-7,9-10H2. The van der Waals surface area contributed by atoms with Crippen molar-refractivity contribution in [3.63, 3.8) is 0 Å². The van der Waals surface area contributed by atoms with E-state index >= 15 is 0 Å². The van der Waals surface area contributed by atoms with Crippen LogP contribution in [0.5, 0.6) is 0 Å². The van der Waals surface area contributed by atoms with Gasteiger partial charge < -0.3 is 0 Å². The summed E-state index contributed by atoms with van der Waals surface area (Å²) in [5.74, 6) is 0.933. The van der Waals surface area contributed by atoms with Gasteiger partial charge in [-0.25, -0.2) is 0 Å². The van der Waals surface area contributed by atoms with Crippen molar-refractivity contribution in [2.75, 3.05) is 6.54 Å². The average Bonchev–Trinajstić information content (AvgIpc) is 2.86. The van der Waals surface area contributed by atoms with Crippen LogP contribution in [0.4, 0.5) is 0 Å². The molecule has 2 bridgehead atoms. The number of nitriles is 1. The summed E-state index contributed by atoms with van der Waals surface area (Å²) in [7, 11) is 0. The zero-order valence-electron chi connectivity index (χ0n) is 9.34. The number of hydrogen-bond acceptors (Lipinski definition) is 2. The molecule has 1 saturated heterocycles. The molecule has 2 aliphatic rings. The van der Waals surface area contributed by atoms with E-state index in [-0.39, 0.29) is 0 Å². The summed E-state index contributed by atoms with van der Waals surface area (Å²) in [4.78, 5) is 2.50. The van der Waals surface area contributed by atoms with Crippen LogP contribution < -0.4 is 0 Å². The fourth-order valence-corrected chi connectivity index (χ4v) is 3.30. The number of piperidine rings is 1. The number of likely N-dealkylation sites (tertiary alicyclic amines) is 1. The molecule has 1 saturated carbocycles. The van der Waals surface area contributed by atoms with E-state index in [0.717, 1.165) is 13.1 Å². The molecule has 0 radical (unpaired) electrons. The largest absolute Gasteiger partial charge is 0.294 e. The molecule has 3 rings (SSSR count).